The highest BCUT2D eigenvalue weighted by atomic mass is 16.5. The molecule has 0 spiro atoms. The van der Waals surface area contributed by atoms with Gasteiger partial charge in [-0.25, -0.2) is 0 Å². The molecule has 0 fully saturated rings. The SMILES string of the molecule is C=CCCCOCC(C)CN. The molecule has 0 aromatic heterocycles. The summed E-state index contributed by atoms with van der Waals surface area (Å²) in [5.74, 6) is 0.485. The van der Waals surface area contributed by atoms with E-state index in [0.29, 0.717) is 12.5 Å². The molecule has 0 radical (unpaired) electrons. The van der Waals surface area contributed by atoms with Crippen LogP contribution in [0.15, 0.2) is 12.7 Å². The third-order valence-corrected chi connectivity index (χ3v) is 1.50. The molecule has 0 aliphatic heterocycles. The summed E-state index contributed by atoms with van der Waals surface area (Å²) in [6.45, 7) is 8.05. The van der Waals surface area contributed by atoms with E-state index in [1.54, 1.807) is 0 Å². The van der Waals surface area contributed by atoms with Crippen molar-refractivity contribution in [3.8, 4) is 0 Å². The fourth-order valence-corrected chi connectivity index (χ4v) is 0.682. The average Bonchev–Trinajstić information content (AvgIpc) is 2.04. The fourth-order valence-electron chi connectivity index (χ4n) is 0.682. The molecule has 0 rings (SSSR count). The molecule has 11 heavy (non-hydrogen) atoms. The third-order valence-electron chi connectivity index (χ3n) is 1.50. The van der Waals surface area contributed by atoms with Crippen molar-refractivity contribution >= 4 is 0 Å². The highest BCUT2D eigenvalue weighted by Crippen LogP contribution is 1.95. The number of nitrogens with two attached hydrogens (primary N) is 1. The third kappa shape index (κ3) is 7.56. The topological polar surface area (TPSA) is 35.2 Å². The van der Waals surface area contributed by atoms with E-state index in [1.165, 1.54) is 0 Å². The van der Waals surface area contributed by atoms with Crippen LogP contribution in [0.3, 0.4) is 0 Å². The molecule has 2 nitrogen and oxygen atoms in total. The van der Waals surface area contributed by atoms with E-state index in [1.807, 2.05) is 6.08 Å². The maximum Gasteiger partial charge on any atom is 0.0503 e. The molecule has 0 heterocycles. The summed E-state index contributed by atoms with van der Waals surface area (Å²) < 4.78 is 5.36. The average molecular weight is 157 g/mol. The smallest absolute Gasteiger partial charge is 0.0503 e. The quantitative estimate of drug-likeness (QED) is 0.449. The summed E-state index contributed by atoms with van der Waals surface area (Å²) >= 11 is 0. The Balaban J connectivity index is 2.95. The van der Waals surface area contributed by atoms with E-state index in [-0.39, 0.29) is 0 Å². The molecule has 0 saturated heterocycles. The van der Waals surface area contributed by atoms with Gasteiger partial charge in [-0.2, -0.15) is 0 Å². The number of hydrogen-bond acceptors (Lipinski definition) is 2. The van der Waals surface area contributed by atoms with Crippen LogP contribution in [-0.2, 0) is 4.74 Å². The van der Waals surface area contributed by atoms with Gasteiger partial charge in [-0.1, -0.05) is 13.0 Å². The van der Waals surface area contributed by atoms with Gasteiger partial charge in [0.2, 0.25) is 0 Å². The molecule has 2 N–H and O–H groups in total. The maximum absolute atomic E-state index is 5.42. The largest absolute Gasteiger partial charge is 0.381 e. The molecular weight excluding hydrogens is 138 g/mol. The second-order valence-corrected chi connectivity index (χ2v) is 2.85. The fraction of sp³-hybridized carbons (Fsp3) is 0.778. The van der Waals surface area contributed by atoms with Gasteiger partial charge in [-0.15, -0.1) is 6.58 Å². The van der Waals surface area contributed by atoms with E-state index in [4.69, 9.17) is 10.5 Å². The Hall–Kier alpha value is -0.340. The molecule has 1 atom stereocenters. The summed E-state index contributed by atoms with van der Waals surface area (Å²) in [5, 5.41) is 0. The van der Waals surface area contributed by atoms with Crippen LogP contribution in [0.25, 0.3) is 0 Å². The van der Waals surface area contributed by atoms with E-state index < -0.39 is 0 Å². The lowest BCUT2D eigenvalue weighted by atomic mass is 10.2. The first-order valence-electron chi connectivity index (χ1n) is 4.20. The number of unbranched alkanes of at least 4 members (excludes halogenated alkanes) is 1. The zero-order valence-corrected chi connectivity index (χ0v) is 7.38. The van der Waals surface area contributed by atoms with Gasteiger partial charge in [0, 0.05) is 6.61 Å². The first-order chi connectivity index (χ1) is 5.31. The van der Waals surface area contributed by atoms with Gasteiger partial charge in [0.15, 0.2) is 0 Å². The van der Waals surface area contributed by atoms with Crippen LogP contribution >= 0.6 is 0 Å². The van der Waals surface area contributed by atoms with Gasteiger partial charge >= 0.3 is 0 Å². The van der Waals surface area contributed by atoms with E-state index in [2.05, 4.69) is 13.5 Å². The Kier molecular flexibility index (Phi) is 7.52. The lowest BCUT2D eigenvalue weighted by molar-refractivity contribution is 0.105. The summed E-state index contributed by atoms with van der Waals surface area (Å²) in [6, 6.07) is 0. The molecule has 0 bridgehead atoms. The minimum absolute atomic E-state index is 0.485. The van der Waals surface area contributed by atoms with Gasteiger partial charge in [0.05, 0.1) is 6.61 Å². The molecule has 0 saturated carbocycles. The standard InChI is InChI=1S/C9H19NO/c1-3-4-5-6-11-8-9(2)7-10/h3,9H,1,4-8,10H2,2H3. The van der Waals surface area contributed by atoms with Crippen molar-refractivity contribution < 1.29 is 4.74 Å². The van der Waals surface area contributed by atoms with Gasteiger partial charge in [0.25, 0.3) is 0 Å². The highest BCUT2D eigenvalue weighted by molar-refractivity contribution is 4.65. The van der Waals surface area contributed by atoms with Gasteiger partial charge in [-0.05, 0) is 25.3 Å². The minimum atomic E-state index is 0.485. The van der Waals surface area contributed by atoms with Crippen molar-refractivity contribution in [2.75, 3.05) is 19.8 Å². The second kappa shape index (κ2) is 7.76. The predicted molar refractivity (Wildman–Crippen MR) is 48.5 cm³/mol. The summed E-state index contributed by atoms with van der Waals surface area (Å²) in [7, 11) is 0. The van der Waals surface area contributed by atoms with Crippen LogP contribution in [0.1, 0.15) is 19.8 Å². The summed E-state index contributed by atoms with van der Waals surface area (Å²) in [4.78, 5) is 0. The van der Waals surface area contributed by atoms with Crippen LogP contribution in [0.5, 0.6) is 0 Å². The maximum atomic E-state index is 5.42. The lowest BCUT2D eigenvalue weighted by Crippen LogP contribution is -2.16. The minimum Gasteiger partial charge on any atom is -0.381 e. The van der Waals surface area contributed by atoms with Crippen molar-refractivity contribution in [1.82, 2.24) is 0 Å². The van der Waals surface area contributed by atoms with Crippen LogP contribution in [0, 0.1) is 5.92 Å². The lowest BCUT2D eigenvalue weighted by Gasteiger charge is -2.08. The zero-order valence-electron chi connectivity index (χ0n) is 7.38. The highest BCUT2D eigenvalue weighted by Gasteiger charge is 1.96. The van der Waals surface area contributed by atoms with Gasteiger partial charge in [-0.3, -0.25) is 0 Å². The van der Waals surface area contributed by atoms with Crippen LogP contribution in [-0.4, -0.2) is 19.8 Å². The summed E-state index contributed by atoms with van der Waals surface area (Å²) in [6.07, 6.45) is 4.02. The Morgan fingerprint density at radius 2 is 2.36 bits per heavy atom. The number of rotatable bonds is 7. The molecule has 0 aromatic rings. The molecule has 66 valence electrons. The Labute approximate surface area is 69.4 Å². The van der Waals surface area contributed by atoms with E-state index in [9.17, 15) is 0 Å². The first kappa shape index (κ1) is 10.7. The number of hydrogen-bond donors (Lipinski definition) is 1. The predicted octanol–water partition coefficient (Wildman–Crippen LogP) is 1.56. The zero-order chi connectivity index (χ0) is 8.53. The van der Waals surface area contributed by atoms with Gasteiger partial charge in [0.1, 0.15) is 0 Å². The van der Waals surface area contributed by atoms with E-state index in [0.717, 1.165) is 26.1 Å². The van der Waals surface area contributed by atoms with Crippen molar-refractivity contribution in [3.05, 3.63) is 12.7 Å². The monoisotopic (exact) mass is 157 g/mol. The Morgan fingerprint density at radius 1 is 1.64 bits per heavy atom. The first-order valence-corrected chi connectivity index (χ1v) is 4.20. The second-order valence-electron chi connectivity index (χ2n) is 2.85. The van der Waals surface area contributed by atoms with Gasteiger partial charge < -0.3 is 10.5 Å². The molecule has 0 aliphatic carbocycles. The van der Waals surface area contributed by atoms with Crippen molar-refractivity contribution in [2.24, 2.45) is 11.7 Å². The van der Waals surface area contributed by atoms with E-state index >= 15 is 0 Å². The Bertz CT molecular complexity index is 93.6. The van der Waals surface area contributed by atoms with Crippen molar-refractivity contribution in [3.63, 3.8) is 0 Å². The number of ether oxygens (including phenoxy) is 1. The molecular formula is C9H19NO. The normalized spacial score (nSPS) is 12.9. The molecule has 0 aromatic carbocycles. The molecule has 1 unspecified atom stereocenters. The number of allylic oxidation sites excluding steroid dienone is 1. The Morgan fingerprint density at radius 3 is 2.91 bits per heavy atom. The molecule has 0 aliphatic rings. The molecule has 0 amide bonds. The molecule has 2 heteroatoms. The van der Waals surface area contributed by atoms with Crippen LogP contribution in [0.4, 0.5) is 0 Å². The van der Waals surface area contributed by atoms with Crippen LogP contribution < -0.4 is 5.73 Å². The van der Waals surface area contributed by atoms with Crippen molar-refractivity contribution in [2.45, 2.75) is 19.8 Å². The summed E-state index contributed by atoms with van der Waals surface area (Å²) in [5.41, 5.74) is 5.42. The van der Waals surface area contributed by atoms with Crippen LogP contribution in [0.2, 0.25) is 0 Å². The van der Waals surface area contributed by atoms with Crippen molar-refractivity contribution in [1.29, 1.82) is 0 Å².